The largest absolute Gasteiger partial charge is 0.352 e. The van der Waals surface area contributed by atoms with E-state index in [-0.39, 0.29) is 18.0 Å². The monoisotopic (exact) mass is 475 g/mol. The third kappa shape index (κ3) is 5.24. The van der Waals surface area contributed by atoms with Crippen LogP contribution in [0.4, 0.5) is 0 Å². The van der Waals surface area contributed by atoms with E-state index in [4.69, 9.17) is 0 Å². The molecule has 5 rings (SSSR count). The number of likely N-dealkylation sites (tertiary alicyclic amines) is 1. The molecule has 0 spiro atoms. The fourth-order valence-corrected chi connectivity index (χ4v) is 5.51. The molecule has 1 fully saturated rings. The lowest BCUT2D eigenvalue weighted by atomic mass is 9.73. The normalized spacial score (nSPS) is 17.0. The van der Waals surface area contributed by atoms with Crippen molar-refractivity contribution in [2.45, 2.75) is 37.3 Å². The van der Waals surface area contributed by atoms with Crippen LogP contribution in [0.2, 0.25) is 0 Å². The van der Waals surface area contributed by atoms with E-state index in [1.54, 1.807) is 0 Å². The molecule has 4 nitrogen and oxygen atoms in total. The molecule has 1 aliphatic rings. The molecule has 0 radical (unpaired) electrons. The number of hydrogen-bond acceptors (Lipinski definition) is 3. The van der Waals surface area contributed by atoms with Crippen molar-refractivity contribution in [3.8, 4) is 0 Å². The summed E-state index contributed by atoms with van der Waals surface area (Å²) in [7, 11) is 0. The molecule has 2 atom stereocenters. The minimum Gasteiger partial charge on any atom is -0.352 e. The molecule has 1 aromatic heterocycles. The standard InChI is InChI=1S/C32H33N3O/c1-32(27-15-7-3-8-16-27,28-17-9-4-10-18-28)22-30(36)34-29-19-21-35(24-29)31(25-12-5-2-6-13-25)26-14-11-20-33-23-26/h2-18,20,23,29,31H,19,21-22,24H2,1H3,(H,34,36). The van der Waals surface area contributed by atoms with Crippen LogP contribution in [0.15, 0.2) is 116 Å². The number of nitrogens with zero attached hydrogens (tertiary/aromatic N) is 2. The number of carbonyl (C=O) groups is 1. The number of amides is 1. The Balaban J connectivity index is 1.31. The smallest absolute Gasteiger partial charge is 0.221 e. The Kier molecular flexibility index (Phi) is 7.24. The lowest BCUT2D eigenvalue weighted by Gasteiger charge is -2.31. The van der Waals surface area contributed by atoms with Gasteiger partial charge in [-0.3, -0.25) is 14.7 Å². The van der Waals surface area contributed by atoms with Gasteiger partial charge in [0.15, 0.2) is 0 Å². The van der Waals surface area contributed by atoms with Crippen LogP contribution in [0.25, 0.3) is 0 Å². The van der Waals surface area contributed by atoms with E-state index in [9.17, 15) is 4.79 Å². The number of benzene rings is 3. The Morgan fingerprint density at radius 1 is 0.889 bits per heavy atom. The summed E-state index contributed by atoms with van der Waals surface area (Å²) in [5.74, 6) is 0.0923. The van der Waals surface area contributed by atoms with E-state index in [1.807, 2.05) is 60.9 Å². The molecule has 0 saturated carbocycles. The summed E-state index contributed by atoms with van der Waals surface area (Å²) in [5, 5.41) is 3.37. The van der Waals surface area contributed by atoms with E-state index >= 15 is 0 Å². The molecule has 1 saturated heterocycles. The maximum Gasteiger partial charge on any atom is 0.221 e. The first kappa shape index (κ1) is 24.0. The van der Waals surface area contributed by atoms with E-state index in [2.05, 4.69) is 76.7 Å². The zero-order valence-corrected chi connectivity index (χ0v) is 20.8. The van der Waals surface area contributed by atoms with Gasteiger partial charge in [-0.2, -0.15) is 0 Å². The summed E-state index contributed by atoms with van der Waals surface area (Å²) >= 11 is 0. The Bertz CT molecular complexity index is 1170. The van der Waals surface area contributed by atoms with Crippen molar-refractivity contribution in [3.63, 3.8) is 0 Å². The molecular formula is C32H33N3O. The molecule has 3 aromatic carbocycles. The lowest BCUT2D eigenvalue weighted by molar-refractivity contribution is -0.122. The molecule has 4 aromatic rings. The fraction of sp³-hybridized carbons (Fsp3) is 0.250. The summed E-state index contributed by atoms with van der Waals surface area (Å²) in [6.07, 6.45) is 5.11. The van der Waals surface area contributed by atoms with Crippen LogP contribution in [-0.2, 0) is 10.2 Å². The number of nitrogens with one attached hydrogen (secondary N) is 1. The first-order valence-electron chi connectivity index (χ1n) is 12.7. The van der Waals surface area contributed by atoms with Crippen molar-refractivity contribution >= 4 is 5.91 Å². The minimum absolute atomic E-state index is 0.0923. The Morgan fingerprint density at radius 2 is 1.47 bits per heavy atom. The average molecular weight is 476 g/mol. The molecule has 2 heterocycles. The van der Waals surface area contributed by atoms with Crippen molar-refractivity contribution in [1.82, 2.24) is 15.2 Å². The van der Waals surface area contributed by atoms with E-state index in [0.717, 1.165) is 30.6 Å². The summed E-state index contributed by atoms with van der Waals surface area (Å²) < 4.78 is 0. The lowest BCUT2D eigenvalue weighted by Crippen LogP contribution is -2.41. The molecule has 0 bridgehead atoms. The summed E-state index contributed by atoms with van der Waals surface area (Å²) in [6, 6.07) is 35.7. The molecule has 1 amide bonds. The predicted octanol–water partition coefficient (Wildman–Crippen LogP) is 5.76. The second kappa shape index (κ2) is 10.9. The predicted molar refractivity (Wildman–Crippen MR) is 145 cm³/mol. The van der Waals surface area contributed by atoms with Crippen LogP contribution in [0.5, 0.6) is 0 Å². The van der Waals surface area contributed by atoms with Gasteiger partial charge in [0, 0.05) is 43.4 Å². The van der Waals surface area contributed by atoms with Crippen molar-refractivity contribution < 1.29 is 4.79 Å². The van der Waals surface area contributed by atoms with Gasteiger partial charge in [0.25, 0.3) is 0 Å². The zero-order chi connectivity index (χ0) is 24.8. The Morgan fingerprint density at radius 3 is 2.06 bits per heavy atom. The Hall–Kier alpha value is -3.76. The number of rotatable bonds is 8. The first-order chi connectivity index (χ1) is 17.6. The van der Waals surface area contributed by atoms with Gasteiger partial charge in [-0.05, 0) is 34.7 Å². The van der Waals surface area contributed by atoms with Crippen molar-refractivity contribution in [3.05, 3.63) is 138 Å². The number of hydrogen-bond donors (Lipinski definition) is 1. The van der Waals surface area contributed by atoms with E-state index < -0.39 is 5.41 Å². The van der Waals surface area contributed by atoms with Crippen LogP contribution in [0.3, 0.4) is 0 Å². The number of pyridine rings is 1. The van der Waals surface area contributed by atoms with Gasteiger partial charge in [0.1, 0.15) is 0 Å². The molecule has 36 heavy (non-hydrogen) atoms. The third-order valence-corrected chi connectivity index (χ3v) is 7.40. The highest BCUT2D eigenvalue weighted by atomic mass is 16.1. The van der Waals surface area contributed by atoms with E-state index in [0.29, 0.717) is 6.42 Å². The SMILES string of the molecule is CC(CC(=O)NC1CCN(C(c2ccccc2)c2cccnc2)C1)(c1ccccc1)c1ccccc1. The molecule has 182 valence electrons. The summed E-state index contributed by atoms with van der Waals surface area (Å²) in [5.41, 5.74) is 4.34. The summed E-state index contributed by atoms with van der Waals surface area (Å²) in [6.45, 7) is 3.91. The second-order valence-electron chi connectivity index (χ2n) is 9.89. The molecule has 0 aliphatic carbocycles. The van der Waals surface area contributed by atoms with Crippen LogP contribution < -0.4 is 5.32 Å². The highest BCUT2D eigenvalue weighted by molar-refractivity contribution is 5.79. The minimum atomic E-state index is -0.396. The second-order valence-corrected chi connectivity index (χ2v) is 9.89. The third-order valence-electron chi connectivity index (χ3n) is 7.40. The number of aromatic nitrogens is 1. The van der Waals surface area contributed by atoms with Crippen molar-refractivity contribution in [2.75, 3.05) is 13.1 Å². The van der Waals surface area contributed by atoms with Gasteiger partial charge in [-0.1, -0.05) is 104 Å². The van der Waals surface area contributed by atoms with Gasteiger partial charge >= 0.3 is 0 Å². The van der Waals surface area contributed by atoms with Gasteiger partial charge in [-0.15, -0.1) is 0 Å². The van der Waals surface area contributed by atoms with Crippen molar-refractivity contribution in [2.24, 2.45) is 0 Å². The Labute approximate surface area is 214 Å². The van der Waals surface area contributed by atoms with Crippen molar-refractivity contribution in [1.29, 1.82) is 0 Å². The van der Waals surface area contributed by atoms with Gasteiger partial charge in [0.05, 0.1) is 6.04 Å². The zero-order valence-electron chi connectivity index (χ0n) is 20.8. The molecular weight excluding hydrogens is 442 g/mol. The number of carbonyl (C=O) groups excluding carboxylic acids is 1. The van der Waals surface area contributed by atoms with Crippen LogP contribution >= 0.6 is 0 Å². The van der Waals surface area contributed by atoms with E-state index in [1.165, 1.54) is 11.1 Å². The van der Waals surface area contributed by atoms with Gasteiger partial charge < -0.3 is 5.32 Å². The highest BCUT2D eigenvalue weighted by Gasteiger charge is 2.35. The molecule has 1 N–H and O–H groups in total. The average Bonchev–Trinajstić information content (AvgIpc) is 3.38. The molecule has 4 heteroatoms. The molecule has 2 unspecified atom stereocenters. The molecule has 1 aliphatic heterocycles. The quantitative estimate of drug-likeness (QED) is 0.353. The van der Waals surface area contributed by atoms with Crippen LogP contribution in [0, 0.1) is 0 Å². The van der Waals surface area contributed by atoms with Gasteiger partial charge in [0.2, 0.25) is 5.91 Å². The van der Waals surface area contributed by atoms with Crippen LogP contribution in [0.1, 0.15) is 48.1 Å². The fourth-order valence-electron chi connectivity index (χ4n) is 5.51. The topological polar surface area (TPSA) is 45.2 Å². The van der Waals surface area contributed by atoms with Gasteiger partial charge in [-0.25, -0.2) is 0 Å². The summed E-state index contributed by atoms with van der Waals surface area (Å²) in [4.78, 5) is 20.3. The highest BCUT2D eigenvalue weighted by Crippen LogP contribution is 2.36. The first-order valence-corrected chi connectivity index (χ1v) is 12.7. The maximum atomic E-state index is 13.4. The van der Waals surface area contributed by atoms with Crippen LogP contribution in [-0.4, -0.2) is 34.9 Å². The maximum absolute atomic E-state index is 13.4.